The Labute approximate surface area is 215 Å². The number of aliphatic hydroxyl groups excluding tert-OH is 1. The van der Waals surface area contributed by atoms with Crippen LogP contribution in [0, 0.1) is 0 Å². The predicted molar refractivity (Wildman–Crippen MR) is 135 cm³/mol. The Balaban J connectivity index is 2.52. The molecule has 0 aliphatic rings. The van der Waals surface area contributed by atoms with E-state index in [4.69, 9.17) is 14.2 Å². The lowest BCUT2D eigenvalue weighted by atomic mass is 9.86. The van der Waals surface area contributed by atoms with Crippen LogP contribution in [-0.2, 0) is 25.5 Å². The molecule has 3 N–H and O–H groups in total. The summed E-state index contributed by atoms with van der Waals surface area (Å²) < 4.78 is 15.6. The second-order valence-corrected chi connectivity index (χ2v) is 8.62. The first kappa shape index (κ1) is 29.1. The van der Waals surface area contributed by atoms with Crippen LogP contribution in [-0.4, -0.2) is 45.9 Å². The number of hydrogen-bond donors (Lipinski definition) is 3. The number of benzene rings is 2. The first-order chi connectivity index (χ1) is 17.4. The highest BCUT2D eigenvalue weighted by Crippen LogP contribution is 2.36. The number of allylic oxidation sites excluding steroid dienone is 1. The van der Waals surface area contributed by atoms with E-state index in [1.165, 1.54) is 45.0 Å². The van der Waals surface area contributed by atoms with Gasteiger partial charge < -0.3 is 29.5 Å². The van der Waals surface area contributed by atoms with E-state index in [2.05, 4.69) is 0 Å². The van der Waals surface area contributed by atoms with Gasteiger partial charge in [-0.05, 0) is 49.1 Å². The van der Waals surface area contributed by atoms with Crippen molar-refractivity contribution in [2.24, 2.45) is 0 Å². The number of carbonyl (C=O) groups is 3. The fraction of sp³-hybridized carbons (Fsp3) is 0.321. The van der Waals surface area contributed by atoms with Crippen molar-refractivity contribution in [3.63, 3.8) is 0 Å². The van der Waals surface area contributed by atoms with E-state index < -0.39 is 29.9 Å². The maximum Gasteiger partial charge on any atom is 0.308 e. The molecule has 0 bridgehead atoms. The van der Waals surface area contributed by atoms with Crippen LogP contribution in [0.2, 0.25) is 0 Å². The summed E-state index contributed by atoms with van der Waals surface area (Å²) in [5.41, 5.74) is 2.17. The van der Waals surface area contributed by atoms with Gasteiger partial charge in [0.25, 0.3) is 0 Å². The second-order valence-electron chi connectivity index (χ2n) is 8.62. The topological polar surface area (TPSA) is 140 Å². The number of aromatic hydroxyl groups is 2. The van der Waals surface area contributed by atoms with E-state index in [9.17, 15) is 29.7 Å². The lowest BCUT2D eigenvalue weighted by Gasteiger charge is -2.24. The lowest BCUT2D eigenvalue weighted by molar-refractivity contribution is -0.140. The molecule has 9 nitrogen and oxygen atoms in total. The summed E-state index contributed by atoms with van der Waals surface area (Å²) in [7, 11) is 0. The molecule has 0 aliphatic heterocycles. The lowest BCUT2D eigenvalue weighted by Crippen LogP contribution is -2.21. The average Bonchev–Trinajstić information content (AvgIpc) is 2.79. The zero-order valence-electron chi connectivity index (χ0n) is 21.5. The minimum absolute atomic E-state index is 0.00285. The number of rotatable bonds is 10. The second kappa shape index (κ2) is 13.3. The summed E-state index contributed by atoms with van der Waals surface area (Å²) in [6.45, 7) is 7.20. The first-order valence-electron chi connectivity index (χ1n) is 11.5. The van der Waals surface area contributed by atoms with E-state index in [1.54, 1.807) is 38.1 Å². The van der Waals surface area contributed by atoms with E-state index in [1.807, 2.05) is 0 Å². The highest BCUT2D eigenvalue weighted by atomic mass is 16.5. The number of esters is 3. The summed E-state index contributed by atoms with van der Waals surface area (Å²) in [4.78, 5) is 34.5. The van der Waals surface area contributed by atoms with Crippen LogP contribution >= 0.6 is 0 Å². The largest absolute Gasteiger partial charge is 0.508 e. The van der Waals surface area contributed by atoms with Crippen molar-refractivity contribution in [2.75, 3.05) is 6.61 Å². The van der Waals surface area contributed by atoms with Gasteiger partial charge in [-0.25, -0.2) is 0 Å². The van der Waals surface area contributed by atoms with E-state index in [-0.39, 0.29) is 36.0 Å². The predicted octanol–water partition coefficient (Wildman–Crippen LogP) is 4.09. The van der Waals surface area contributed by atoms with Gasteiger partial charge in [-0.15, -0.1) is 0 Å². The van der Waals surface area contributed by atoms with Crippen molar-refractivity contribution in [2.45, 2.75) is 53.1 Å². The van der Waals surface area contributed by atoms with Crippen molar-refractivity contribution in [3.8, 4) is 23.0 Å². The molecule has 0 spiro atoms. The normalized spacial score (nSPS) is 13.5. The van der Waals surface area contributed by atoms with Crippen LogP contribution in [0.4, 0.5) is 0 Å². The molecule has 198 valence electrons. The van der Waals surface area contributed by atoms with Gasteiger partial charge in [-0.1, -0.05) is 24.3 Å². The molecule has 0 radical (unpaired) electrons. The molecule has 37 heavy (non-hydrogen) atoms. The van der Waals surface area contributed by atoms with Crippen molar-refractivity contribution in [1.82, 2.24) is 0 Å². The quantitative estimate of drug-likeness (QED) is 0.244. The molecule has 2 aromatic carbocycles. The molecule has 0 saturated heterocycles. The third kappa shape index (κ3) is 9.12. The monoisotopic (exact) mass is 512 g/mol. The molecule has 2 unspecified atom stereocenters. The molecule has 0 heterocycles. The molecular weight excluding hydrogens is 480 g/mol. The van der Waals surface area contributed by atoms with Crippen molar-refractivity contribution < 1.29 is 43.9 Å². The first-order valence-corrected chi connectivity index (χ1v) is 11.5. The average molecular weight is 513 g/mol. The van der Waals surface area contributed by atoms with E-state index >= 15 is 0 Å². The third-order valence-corrected chi connectivity index (χ3v) is 5.35. The Morgan fingerprint density at radius 2 is 1.57 bits per heavy atom. The molecule has 0 aliphatic carbocycles. The van der Waals surface area contributed by atoms with Gasteiger partial charge in [-0.2, -0.15) is 0 Å². The fourth-order valence-corrected chi connectivity index (χ4v) is 3.58. The molecule has 0 aromatic heterocycles. The maximum absolute atomic E-state index is 11.8. The number of hydrogen-bond acceptors (Lipinski definition) is 9. The molecule has 0 saturated carbocycles. The maximum atomic E-state index is 11.8. The van der Waals surface area contributed by atoms with Gasteiger partial charge in [0.15, 0.2) is 0 Å². The third-order valence-electron chi connectivity index (χ3n) is 5.35. The molecule has 2 rings (SSSR count). The summed E-state index contributed by atoms with van der Waals surface area (Å²) in [5, 5.41) is 31.0. The van der Waals surface area contributed by atoms with Gasteiger partial charge in [0, 0.05) is 44.4 Å². The number of phenolic OH excluding ortho intramolecular Hbond substituents is 2. The van der Waals surface area contributed by atoms with Crippen molar-refractivity contribution in [1.29, 1.82) is 0 Å². The molecular formula is C28H32O9. The van der Waals surface area contributed by atoms with Crippen molar-refractivity contribution >= 4 is 17.9 Å². The van der Waals surface area contributed by atoms with Gasteiger partial charge in [0.2, 0.25) is 0 Å². The van der Waals surface area contributed by atoms with Crippen LogP contribution < -0.4 is 9.47 Å². The van der Waals surface area contributed by atoms with Crippen LogP contribution in [0.3, 0.4) is 0 Å². The molecule has 9 heteroatoms. The number of ether oxygens (including phenoxy) is 3. The highest BCUT2D eigenvalue weighted by molar-refractivity contribution is 5.72. The van der Waals surface area contributed by atoms with Gasteiger partial charge >= 0.3 is 17.9 Å². The molecule has 0 fully saturated rings. The Bertz CT molecular complexity index is 1210. The smallest absolute Gasteiger partial charge is 0.308 e. The van der Waals surface area contributed by atoms with Crippen LogP contribution in [0.25, 0.3) is 0 Å². The van der Waals surface area contributed by atoms with Gasteiger partial charge in [-0.3, -0.25) is 14.4 Å². The molecule has 2 aromatic rings. The Morgan fingerprint density at radius 3 is 2.16 bits per heavy atom. The Morgan fingerprint density at radius 1 is 0.892 bits per heavy atom. The number of aliphatic hydroxyl groups is 1. The summed E-state index contributed by atoms with van der Waals surface area (Å²) >= 11 is 0. The molecule has 2 atom stereocenters. The van der Waals surface area contributed by atoms with E-state index in [0.29, 0.717) is 22.3 Å². The highest BCUT2D eigenvalue weighted by Gasteiger charge is 2.26. The van der Waals surface area contributed by atoms with Crippen molar-refractivity contribution in [3.05, 3.63) is 70.8 Å². The summed E-state index contributed by atoms with van der Waals surface area (Å²) in [6.07, 6.45) is 2.61. The minimum atomic E-state index is -1.11. The summed E-state index contributed by atoms with van der Waals surface area (Å²) in [5.74, 6) is -2.25. The van der Waals surface area contributed by atoms with E-state index in [0.717, 1.165) is 0 Å². The Kier molecular flexibility index (Phi) is 10.4. The van der Waals surface area contributed by atoms with Crippen LogP contribution in [0.15, 0.2) is 59.7 Å². The van der Waals surface area contributed by atoms with Crippen LogP contribution in [0.5, 0.6) is 23.0 Å². The Hall–Kier alpha value is -4.11. The van der Waals surface area contributed by atoms with Gasteiger partial charge in [0.05, 0.1) is 6.10 Å². The minimum Gasteiger partial charge on any atom is -0.508 e. The number of phenols is 2. The fourth-order valence-electron chi connectivity index (χ4n) is 3.58. The zero-order valence-corrected chi connectivity index (χ0v) is 21.5. The SMILES string of the molecule is CC(=O)OCC(C)=CC(c1ccc(OC(C)=O)cc1OC(C)=O)C(O)/C(C)=C/Cc1ccc(O)cc1O. The standard InChI is InChI=1S/C28H32O9/c1-16(15-35-18(3)29)12-25(24-11-10-23(36-19(4)30)14-27(24)37-20(5)31)28(34)17(2)6-7-21-8-9-22(32)13-26(21)33/h6,8-14,25,28,32-34H,7,15H2,1-5H3/b16-12?,17-6+. The number of carbonyl (C=O) groups excluding carboxylic acids is 3. The summed E-state index contributed by atoms with van der Waals surface area (Å²) in [6, 6.07) is 8.75. The molecule has 0 amide bonds. The zero-order chi connectivity index (χ0) is 27.7. The van der Waals surface area contributed by atoms with Crippen LogP contribution in [0.1, 0.15) is 51.7 Å². The van der Waals surface area contributed by atoms with Gasteiger partial charge in [0.1, 0.15) is 29.6 Å².